The number of hydrogen-bond acceptors (Lipinski definition) is 3. The molecule has 0 aromatic heterocycles. The molecule has 0 spiro atoms. The van der Waals surface area contributed by atoms with Crippen molar-refractivity contribution in [2.45, 2.75) is 59.5 Å². The molecule has 0 aliphatic rings. The lowest BCUT2D eigenvalue weighted by atomic mass is 9.86. The van der Waals surface area contributed by atoms with Crippen molar-refractivity contribution < 1.29 is 14.7 Å². The molecule has 0 bridgehead atoms. The van der Waals surface area contributed by atoms with Crippen LogP contribution in [0, 0.1) is 5.41 Å². The van der Waals surface area contributed by atoms with Crippen LogP contribution in [0.15, 0.2) is 0 Å². The molecule has 0 radical (unpaired) electrons. The van der Waals surface area contributed by atoms with Crippen LogP contribution in [0.25, 0.3) is 0 Å². The molecule has 0 saturated carbocycles. The van der Waals surface area contributed by atoms with Crippen LogP contribution < -0.4 is 5.32 Å². The Bertz CT molecular complexity index is 271. The lowest BCUT2D eigenvalue weighted by molar-refractivity contribution is -0.142. The highest BCUT2D eigenvalue weighted by Gasteiger charge is 2.30. The SMILES string of the molecule is CC(C)(C)NC(CC(=O)C(C)(C)C)C(=O)O. The number of carboxylic acid groups (broad SMARTS) is 1. The van der Waals surface area contributed by atoms with Crippen molar-refractivity contribution in [2.24, 2.45) is 5.41 Å². The van der Waals surface area contributed by atoms with Crippen molar-refractivity contribution >= 4 is 11.8 Å². The van der Waals surface area contributed by atoms with Crippen LogP contribution >= 0.6 is 0 Å². The molecule has 1 unspecified atom stereocenters. The third kappa shape index (κ3) is 5.85. The van der Waals surface area contributed by atoms with Crippen LogP contribution in [0.5, 0.6) is 0 Å². The summed E-state index contributed by atoms with van der Waals surface area (Å²) in [6.45, 7) is 11.0. The van der Waals surface area contributed by atoms with Crippen LogP contribution in [-0.4, -0.2) is 28.4 Å². The van der Waals surface area contributed by atoms with E-state index in [0.717, 1.165) is 0 Å². The average molecular weight is 229 g/mol. The Morgan fingerprint density at radius 3 is 1.81 bits per heavy atom. The lowest BCUT2D eigenvalue weighted by Gasteiger charge is -2.27. The van der Waals surface area contributed by atoms with Gasteiger partial charge in [-0.05, 0) is 20.8 Å². The lowest BCUT2D eigenvalue weighted by Crippen LogP contribution is -2.49. The molecule has 4 heteroatoms. The van der Waals surface area contributed by atoms with E-state index in [1.54, 1.807) is 20.8 Å². The number of Topliss-reactive ketones (excluding diaryl/α,β-unsaturated/α-hetero) is 1. The van der Waals surface area contributed by atoms with Crippen molar-refractivity contribution in [3.63, 3.8) is 0 Å². The zero-order chi connectivity index (χ0) is 13.1. The fraction of sp³-hybridized carbons (Fsp3) is 0.833. The molecule has 0 aliphatic heterocycles. The number of carbonyl (C=O) groups excluding carboxylic acids is 1. The number of ketones is 1. The summed E-state index contributed by atoms with van der Waals surface area (Å²) in [6.07, 6.45) is 0.0239. The van der Waals surface area contributed by atoms with Crippen molar-refractivity contribution in [3.8, 4) is 0 Å². The molecule has 0 fully saturated rings. The number of hydrogen-bond donors (Lipinski definition) is 2. The van der Waals surface area contributed by atoms with Gasteiger partial charge in [-0.25, -0.2) is 0 Å². The molecule has 0 amide bonds. The summed E-state index contributed by atoms with van der Waals surface area (Å²) in [5.41, 5.74) is -0.811. The second kappa shape index (κ2) is 4.95. The van der Waals surface area contributed by atoms with E-state index in [2.05, 4.69) is 5.32 Å². The standard InChI is InChI=1S/C12H23NO3/c1-11(2,3)9(14)7-8(10(15)16)13-12(4,5)6/h8,13H,7H2,1-6H3,(H,15,16). The summed E-state index contributed by atoms with van der Waals surface area (Å²) in [6, 6.07) is -0.813. The Hall–Kier alpha value is -0.900. The highest BCUT2D eigenvalue weighted by Crippen LogP contribution is 2.18. The second-order valence-electron chi connectivity index (χ2n) is 6.16. The maximum Gasteiger partial charge on any atom is 0.321 e. The van der Waals surface area contributed by atoms with Crippen LogP contribution in [-0.2, 0) is 9.59 Å². The minimum Gasteiger partial charge on any atom is -0.480 e. The first kappa shape index (κ1) is 15.1. The zero-order valence-electron chi connectivity index (χ0n) is 11.0. The summed E-state index contributed by atoms with van der Waals surface area (Å²) in [7, 11) is 0. The molecule has 0 heterocycles. The third-order valence-electron chi connectivity index (χ3n) is 2.13. The molecule has 16 heavy (non-hydrogen) atoms. The predicted molar refractivity (Wildman–Crippen MR) is 63.4 cm³/mol. The van der Waals surface area contributed by atoms with Gasteiger partial charge in [0.15, 0.2) is 0 Å². The van der Waals surface area contributed by atoms with Gasteiger partial charge in [-0.3, -0.25) is 14.9 Å². The maximum absolute atomic E-state index is 11.8. The predicted octanol–water partition coefficient (Wildman–Crippen LogP) is 1.83. The number of carboxylic acids is 1. The van der Waals surface area contributed by atoms with E-state index in [1.807, 2.05) is 20.8 Å². The monoisotopic (exact) mass is 229 g/mol. The molecule has 4 nitrogen and oxygen atoms in total. The Balaban J connectivity index is 4.60. The van der Waals surface area contributed by atoms with Gasteiger partial charge in [-0.2, -0.15) is 0 Å². The molecular formula is C12H23NO3. The van der Waals surface area contributed by atoms with Gasteiger partial charge < -0.3 is 5.11 Å². The first-order chi connectivity index (χ1) is 6.93. The van der Waals surface area contributed by atoms with Crippen molar-refractivity contribution in [2.75, 3.05) is 0 Å². The van der Waals surface area contributed by atoms with E-state index in [-0.39, 0.29) is 17.7 Å². The van der Waals surface area contributed by atoms with E-state index in [9.17, 15) is 9.59 Å². The van der Waals surface area contributed by atoms with E-state index in [0.29, 0.717) is 0 Å². The number of rotatable bonds is 4. The van der Waals surface area contributed by atoms with Crippen LogP contribution in [0.4, 0.5) is 0 Å². The Kier molecular flexibility index (Phi) is 4.68. The zero-order valence-corrected chi connectivity index (χ0v) is 11.0. The Labute approximate surface area is 97.4 Å². The summed E-state index contributed by atoms with van der Waals surface area (Å²) in [5.74, 6) is -1.02. The molecule has 1 atom stereocenters. The van der Waals surface area contributed by atoms with Crippen LogP contribution in [0.3, 0.4) is 0 Å². The first-order valence-corrected chi connectivity index (χ1v) is 5.47. The highest BCUT2D eigenvalue weighted by atomic mass is 16.4. The molecular weight excluding hydrogens is 206 g/mol. The van der Waals surface area contributed by atoms with Gasteiger partial charge in [-0.15, -0.1) is 0 Å². The number of nitrogens with one attached hydrogen (secondary N) is 1. The quantitative estimate of drug-likeness (QED) is 0.772. The van der Waals surface area contributed by atoms with E-state index < -0.39 is 17.4 Å². The molecule has 0 aromatic rings. The summed E-state index contributed by atoms with van der Waals surface area (Å²) in [4.78, 5) is 22.8. The van der Waals surface area contributed by atoms with E-state index in [4.69, 9.17) is 5.11 Å². The summed E-state index contributed by atoms with van der Waals surface area (Å²) >= 11 is 0. The second-order valence-corrected chi connectivity index (χ2v) is 6.16. The maximum atomic E-state index is 11.8. The first-order valence-electron chi connectivity index (χ1n) is 5.47. The van der Waals surface area contributed by atoms with Gasteiger partial charge in [0.05, 0.1) is 0 Å². The largest absolute Gasteiger partial charge is 0.480 e. The van der Waals surface area contributed by atoms with Gasteiger partial charge in [0, 0.05) is 17.4 Å². The van der Waals surface area contributed by atoms with E-state index in [1.165, 1.54) is 0 Å². The number of aliphatic carboxylic acids is 1. The van der Waals surface area contributed by atoms with E-state index >= 15 is 0 Å². The number of carbonyl (C=O) groups is 2. The van der Waals surface area contributed by atoms with Gasteiger partial charge in [0.25, 0.3) is 0 Å². The topological polar surface area (TPSA) is 66.4 Å². The molecule has 0 aromatic carbocycles. The van der Waals surface area contributed by atoms with Gasteiger partial charge in [0.2, 0.25) is 0 Å². The van der Waals surface area contributed by atoms with Crippen molar-refractivity contribution in [3.05, 3.63) is 0 Å². The van der Waals surface area contributed by atoms with Crippen LogP contribution in [0.2, 0.25) is 0 Å². The fourth-order valence-corrected chi connectivity index (χ4v) is 1.21. The smallest absolute Gasteiger partial charge is 0.321 e. The van der Waals surface area contributed by atoms with Gasteiger partial charge in [0.1, 0.15) is 11.8 Å². The molecule has 0 rings (SSSR count). The van der Waals surface area contributed by atoms with Crippen LogP contribution in [0.1, 0.15) is 48.0 Å². The average Bonchev–Trinajstić information content (AvgIpc) is 1.98. The fourth-order valence-electron chi connectivity index (χ4n) is 1.21. The molecule has 0 aliphatic carbocycles. The van der Waals surface area contributed by atoms with Crippen molar-refractivity contribution in [1.82, 2.24) is 5.32 Å². The van der Waals surface area contributed by atoms with Gasteiger partial charge in [-0.1, -0.05) is 20.8 Å². The normalized spacial score (nSPS) is 14.6. The summed E-state index contributed by atoms with van der Waals surface area (Å²) in [5, 5.41) is 12.0. The van der Waals surface area contributed by atoms with Gasteiger partial charge >= 0.3 is 5.97 Å². The molecule has 0 saturated heterocycles. The van der Waals surface area contributed by atoms with Crippen molar-refractivity contribution in [1.29, 1.82) is 0 Å². The third-order valence-corrected chi connectivity index (χ3v) is 2.13. The molecule has 94 valence electrons. The Morgan fingerprint density at radius 2 is 1.56 bits per heavy atom. The minimum absolute atomic E-state index is 0.0239. The Morgan fingerprint density at radius 1 is 1.12 bits per heavy atom. The summed E-state index contributed by atoms with van der Waals surface area (Å²) < 4.78 is 0. The highest BCUT2D eigenvalue weighted by molar-refractivity contribution is 5.89. The molecule has 2 N–H and O–H groups in total. The minimum atomic E-state index is -0.979.